The Bertz CT molecular complexity index is 677. The van der Waals surface area contributed by atoms with Gasteiger partial charge in [-0.05, 0) is 0 Å². The largest absolute Gasteiger partial charge is 0.463 e. The zero-order chi connectivity index (χ0) is 21.1. The SMILES string of the molecule is CC(=O)OC[C@H]1O[C@]2(CCC(=O)N2)[C@@H](OC(C)=O)[C@@H](OC(C)=O)[C@@H]1OC(C)=O. The van der Waals surface area contributed by atoms with E-state index in [1.807, 2.05) is 0 Å². The topological polar surface area (TPSA) is 144 Å². The third kappa shape index (κ3) is 4.97. The lowest BCUT2D eigenvalue weighted by atomic mass is 9.88. The Balaban J connectivity index is 2.48. The van der Waals surface area contributed by atoms with Gasteiger partial charge in [-0.3, -0.25) is 24.0 Å². The summed E-state index contributed by atoms with van der Waals surface area (Å²) in [5.41, 5.74) is -1.52. The van der Waals surface area contributed by atoms with E-state index in [4.69, 9.17) is 23.7 Å². The number of rotatable bonds is 5. The van der Waals surface area contributed by atoms with Crippen LogP contribution in [0.3, 0.4) is 0 Å². The summed E-state index contributed by atoms with van der Waals surface area (Å²) in [6, 6.07) is 0. The first kappa shape index (κ1) is 21.6. The van der Waals surface area contributed by atoms with Crippen molar-refractivity contribution in [2.75, 3.05) is 6.61 Å². The molecule has 28 heavy (non-hydrogen) atoms. The van der Waals surface area contributed by atoms with E-state index in [0.29, 0.717) is 0 Å². The highest BCUT2D eigenvalue weighted by Crippen LogP contribution is 2.39. The first-order valence-electron chi connectivity index (χ1n) is 8.68. The molecular formula is C17H23NO10. The lowest BCUT2D eigenvalue weighted by molar-refractivity contribution is -0.289. The van der Waals surface area contributed by atoms with Crippen LogP contribution in [-0.2, 0) is 47.7 Å². The fraction of sp³-hybridized carbons (Fsp3) is 0.706. The number of ether oxygens (including phenoxy) is 5. The highest BCUT2D eigenvalue weighted by atomic mass is 16.7. The van der Waals surface area contributed by atoms with Crippen LogP contribution in [0.2, 0.25) is 0 Å². The van der Waals surface area contributed by atoms with Crippen LogP contribution in [0.1, 0.15) is 40.5 Å². The third-order valence-electron chi connectivity index (χ3n) is 4.23. The van der Waals surface area contributed by atoms with Gasteiger partial charge >= 0.3 is 23.9 Å². The predicted molar refractivity (Wildman–Crippen MR) is 88.3 cm³/mol. The average Bonchev–Trinajstić information content (AvgIpc) is 2.92. The third-order valence-corrected chi connectivity index (χ3v) is 4.23. The van der Waals surface area contributed by atoms with E-state index in [1.54, 1.807) is 0 Å². The molecule has 0 aromatic rings. The van der Waals surface area contributed by atoms with Crippen LogP contribution >= 0.6 is 0 Å². The van der Waals surface area contributed by atoms with E-state index in [0.717, 1.165) is 20.8 Å². The van der Waals surface area contributed by atoms with Gasteiger partial charge in [0.25, 0.3) is 0 Å². The predicted octanol–water partition coefficient (Wildman–Crippen LogP) is -0.650. The summed E-state index contributed by atoms with van der Waals surface area (Å²) < 4.78 is 26.8. The molecule has 5 atom stereocenters. The van der Waals surface area contributed by atoms with Crippen molar-refractivity contribution in [2.45, 2.75) is 70.7 Å². The quantitative estimate of drug-likeness (QED) is 0.466. The van der Waals surface area contributed by atoms with Gasteiger partial charge in [0, 0.05) is 40.5 Å². The highest BCUT2D eigenvalue weighted by molar-refractivity contribution is 5.79. The van der Waals surface area contributed by atoms with E-state index >= 15 is 0 Å². The van der Waals surface area contributed by atoms with Crippen molar-refractivity contribution < 1.29 is 47.7 Å². The molecule has 2 rings (SSSR count). The summed E-state index contributed by atoms with van der Waals surface area (Å²) >= 11 is 0. The fourth-order valence-corrected chi connectivity index (χ4v) is 3.34. The Morgan fingerprint density at radius 1 is 0.964 bits per heavy atom. The maximum absolute atomic E-state index is 11.9. The van der Waals surface area contributed by atoms with Gasteiger partial charge in [0.2, 0.25) is 5.91 Å². The summed E-state index contributed by atoms with van der Waals surface area (Å²) in [7, 11) is 0. The van der Waals surface area contributed by atoms with Crippen LogP contribution in [0, 0.1) is 0 Å². The van der Waals surface area contributed by atoms with Gasteiger partial charge in [-0.2, -0.15) is 0 Å². The first-order valence-corrected chi connectivity index (χ1v) is 8.68. The second-order valence-corrected chi connectivity index (χ2v) is 6.57. The normalized spacial score (nSPS) is 31.6. The second-order valence-electron chi connectivity index (χ2n) is 6.57. The smallest absolute Gasteiger partial charge is 0.303 e. The molecule has 0 saturated carbocycles. The van der Waals surface area contributed by atoms with Gasteiger partial charge in [0.15, 0.2) is 24.0 Å². The van der Waals surface area contributed by atoms with Crippen molar-refractivity contribution >= 4 is 29.8 Å². The highest BCUT2D eigenvalue weighted by Gasteiger charge is 2.62. The zero-order valence-electron chi connectivity index (χ0n) is 16.0. The van der Waals surface area contributed by atoms with Gasteiger partial charge in [-0.25, -0.2) is 0 Å². The van der Waals surface area contributed by atoms with Crippen molar-refractivity contribution in [3.05, 3.63) is 0 Å². The Kier molecular flexibility index (Phi) is 6.60. The van der Waals surface area contributed by atoms with Gasteiger partial charge in [-0.15, -0.1) is 0 Å². The summed E-state index contributed by atoms with van der Waals surface area (Å²) in [6.45, 7) is 4.25. The number of nitrogens with one attached hydrogen (secondary N) is 1. The van der Waals surface area contributed by atoms with Crippen LogP contribution in [-0.4, -0.2) is 66.5 Å². The van der Waals surface area contributed by atoms with Crippen LogP contribution in [0.5, 0.6) is 0 Å². The number of hydrogen-bond donors (Lipinski definition) is 1. The van der Waals surface area contributed by atoms with E-state index in [1.165, 1.54) is 6.92 Å². The molecule has 0 radical (unpaired) electrons. The molecule has 2 fully saturated rings. The van der Waals surface area contributed by atoms with Crippen LogP contribution in [0.15, 0.2) is 0 Å². The molecule has 1 spiro atoms. The van der Waals surface area contributed by atoms with E-state index in [-0.39, 0.29) is 25.4 Å². The number of amides is 1. The van der Waals surface area contributed by atoms with Crippen LogP contribution in [0.25, 0.3) is 0 Å². The molecule has 11 nitrogen and oxygen atoms in total. The van der Waals surface area contributed by atoms with Crippen LogP contribution < -0.4 is 5.32 Å². The number of hydrogen-bond acceptors (Lipinski definition) is 10. The minimum atomic E-state index is -1.52. The Morgan fingerprint density at radius 3 is 2.00 bits per heavy atom. The number of carbonyl (C=O) groups excluding carboxylic acids is 5. The fourth-order valence-electron chi connectivity index (χ4n) is 3.34. The van der Waals surface area contributed by atoms with Crippen molar-refractivity contribution in [2.24, 2.45) is 0 Å². The molecule has 0 aromatic heterocycles. The first-order chi connectivity index (χ1) is 13.0. The van der Waals surface area contributed by atoms with Crippen LogP contribution in [0.4, 0.5) is 0 Å². The molecule has 0 bridgehead atoms. The summed E-state index contributed by atoms with van der Waals surface area (Å²) in [5.74, 6) is -3.14. The van der Waals surface area contributed by atoms with E-state index in [2.05, 4.69) is 5.32 Å². The molecule has 1 amide bonds. The van der Waals surface area contributed by atoms with E-state index < -0.39 is 54.0 Å². The van der Waals surface area contributed by atoms with Crippen molar-refractivity contribution in [3.63, 3.8) is 0 Å². The minimum absolute atomic E-state index is 0.0725. The van der Waals surface area contributed by atoms with E-state index in [9.17, 15) is 24.0 Å². The molecule has 0 aromatic carbocycles. The van der Waals surface area contributed by atoms with Crippen molar-refractivity contribution in [1.82, 2.24) is 5.32 Å². The molecule has 2 aliphatic rings. The van der Waals surface area contributed by atoms with Gasteiger partial charge in [0.05, 0.1) is 0 Å². The second kappa shape index (κ2) is 8.55. The molecule has 156 valence electrons. The lowest BCUT2D eigenvalue weighted by Gasteiger charge is -2.49. The molecule has 2 aliphatic heterocycles. The lowest BCUT2D eigenvalue weighted by Crippen LogP contribution is -2.71. The molecule has 2 saturated heterocycles. The van der Waals surface area contributed by atoms with Gasteiger partial charge < -0.3 is 29.0 Å². The standard InChI is InChI=1S/C17H23NO10/c1-8(19)24-7-12-14(25-9(2)20)15(26-10(3)21)16(27-11(4)22)17(28-12)6-5-13(23)18-17/h12,14-16H,5-7H2,1-4H3,(H,18,23)/t12-,14-,15+,16+,17-/m1/s1. The maximum Gasteiger partial charge on any atom is 0.303 e. The molecule has 1 N–H and O–H groups in total. The minimum Gasteiger partial charge on any atom is -0.463 e. The molecule has 11 heteroatoms. The van der Waals surface area contributed by atoms with Gasteiger partial charge in [-0.1, -0.05) is 0 Å². The Morgan fingerprint density at radius 2 is 1.54 bits per heavy atom. The van der Waals surface area contributed by atoms with Crippen molar-refractivity contribution in [1.29, 1.82) is 0 Å². The maximum atomic E-state index is 11.9. The monoisotopic (exact) mass is 401 g/mol. The number of carbonyl (C=O) groups is 5. The van der Waals surface area contributed by atoms with Crippen molar-refractivity contribution in [3.8, 4) is 0 Å². The zero-order valence-corrected chi connectivity index (χ0v) is 16.0. The molecule has 0 aliphatic carbocycles. The Hall–Kier alpha value is -2.69. The molecule has 2 heterocycles. The summed E-state index contributed by atoms with van der Waals surface area (Å²) in [5, 5.41) is 2.61. The molecule has 0 unspecified atom stereocenters. The van der Waals surface area contributed by atoms with Gasteiger partial charge in [0.1, 0.15) is 12.7 Å². The average molecular weight is 401 g/mol. The summed E-state index contributed by atoms with van der Waals surface area (Å²) in [4.78, 5) is 58.1. The summed E-state index contributed by atoms with van der Waals surface area (Å²) in [6.07, 6.45) is -4.72. The number of esters is 4. The Labute approximate surface area is 160 Å². The molecular weight excluding hydrogens is 378 g/mol.